The highest BCUT2D eigenvalue weighted by molar-refractivity contribution is 6.30. The standard InChI is InChI=1S/C10H14ClN3O2/c11-9-8(6(12)5-15)10(16)14-4-2-1-3-7(14)13-9/h6,15H,1-5,12H2. The second kappa shape index (κ2) is 4.53. The number of fused-ring (bicyclic) bond motifs is 1. The molecule has 6 heteroatoms. The first-order valence-corrected chi connectivity index (χ1v) is 5.68. The largest absolute Gasteiger partial charge is 0.394 e. The Morgan fingerprint density at radius 3 is 3.00 bits per heavy atom. The van der Waals surface area contributed by atoms with Gasteiger partial charge in [-0.05, 0) is 12.8 Å². The molecular formula is C10H14ClN3O2. The minimum absolute atomic E-state index is 0.125. The molecule has 1 aliphatic heterocycles. The van der Waals surface area contributed by atoms with Gasteiger partial charge in [-0.1, -0.05) is 11.6 Å². The molecule has 2 rings (SSSR count). The third-order valence-electron chi connectivity index (χ3n) is 2.84. The zero-order chi connectivity index (χ0) is 11.7. The molecule has 0 bridgehead atoms. The molecule has 5 nitrogen and oxygen atoms in total. The van der Waals surface area contributed by atoms with Gasteiger partial charge in [0.25, 0.3) is 5.56 Å². The van der Waals surface area contributed by atoms with Gasteiger partial charge in [0.2, 0.25) is 0 Å². The molecule has 1 aromatic heterocycles. The zero-order valence-corrected chi connectivity index (χ0v) is 9.57. The Bertz CT molecular complexity index is 458. The smallest absolute Gasteiger partial charge is 0.259 e. The molecular weight excluding hydrogens is 230 g/mol. The quantitative estimate of drug-likeness (QED) is 0.729. The highest BCUT2D eigenvalue weighted by Crippen LogP contribution is 2.19. The molecule has 1 aliphatic rings. The van der Waals surface area contributed by atoms with E-state index < -0.39 is 6.04 Å². The second-order valence-corrected chi connectivity index (χ2v) is 4.29. The zero-order valence-electron chi connectivity index (χ0n) is 8.82. The number of rotatable bonds is 2. The molecule has 0 saturated heterocycles. The molecule has 0 fully saturated rings. The fraction of sp³-hybridized carbons (Fsp3) is 0.600. The van der Waals surface area contributed by atoms with Crippen LogP contribution < -0.4 is 11.3 Å². The summed E-state index contributed by atoms with van der Waals surface area (Å²) in [6.07, 6.45) is 2.75. The summed E-state index contributed by atoms with van der Waals surface area (Å²) in [4.78, 5) is 16.3. The molecule has 2 heterocycles. The summed E-state index contributed by atoms with van der Waals surface area (Å²) in [5.74, 6) is 0.718. The Hall–Kier alpha value is -0.910. The van der Waals surface area contributed by atoms with Crippen LogP contribution in [0.2, 0.25) is 5.15 Å². The van der Waals surface area contributed by atoms with Crippen LogP contribution in [0.3, 0.4) is 0 Å². The van der Waals surface area contributed by atoms with E-state index in [-0.39, 0.29) is 22.9 Å². The van der Waals surface area contributed by atoms with Crippen LogP contribution in [0.25, 0.3) is 0 Å². The van der Waals surface area contributed by atoms with Crippen molar-refractivity contribution in [3.05, 3.63) is 26.9 Å². The van der Waals surface area contributed by atoms with E-state index in [0.29, 0.717) is 6.54 Å². The van der Waals surface area contributed by atoms with Crippen LogP contribution >= 0.6 is 11.6 Å². The van der Waals surface area contributed by atoms with Crippen molar-refractivity contribution in [3.63, 3.8) is 0 Å². The Labute approximate surface area is 97.9 Å². The SMILES string of the molecule is NC(CO)c1c(Cl)nc2n(c1=O)CCCC2. The average Bonchev–Trinajstić information content (AvgIpc) is 2.28. The summed E-state index contributed by atoms with van der Waals surface area (Å²) >= 11 is 5.92. The lowest BCUT2D eigenvalue weighted by Gasteiger charge is -2.20. The molecule has 3 N–H and O–H groups in total. The predicted molar refractivity (Wildman–Crippen MR) is 60.5 cm³/mol. The Balaban J connectivity index is 2.59. The fourth-order valence-corrected chi connectivity index (χ4v) is 2.28. The van der Waals surface area contributed by atoms with Gasteiger partial charge in [0.1, 0.15) is 11.0 Å². The van der Waals surface area contributed by atoms with Crippen LogP contribution in [0.4, 0.5) is 0 Å². The summed E-state index contributed by atoms with van der Waals surface area (Å²) in [5.41, 5.74) is 5.65. The van der Waals surface area contributed by atoms with Gasteiger partial charge < -0.3 is 10.8 Å². The van der Waals surface area contributed by atoms with Gasteiger partial charge in [-0.15, -0.1) is 0 Å². The minimum Gasteiger partial charge on any atom is -0.394 e. The van der Waals surface area contributed by atoms with Gasteiger partial charge >= 0.3 is 0 Å². The van der Waals surface area contributed by atoms with Crippen molar-refractivity contribution in [1.29, 1.82) is 0 Å². The lowest BCUT2D eigenvalue weighted by atomic mass is 10.1. The third kappa shape index (κ3) is 1.86. The molecule has 1 aromatic rings. The minimum atomic E-state index is -0.757. The fourth-order valence-electron chi connectivity index (χ4n) is 1.96. The van der Waals surface area contributed by atoms with Crippen LogP contribution in [0.15, 0.2) is 4.79 Å². The van der Waals surface area contributed by atoms with E-state index in [0.717, 1.165) is 25.1 Å². The van der Waals surface area contributed by atoms with Crippen LogP contribution in [0.1, 0.15) is 30.3 Å². The van der Waals surface area contributed by atoms with E-state index >= 15 is 0 Å². The van der Waals surface area contributed by atoms with Crippen molar-refractivity contribution in [3.8, 4) is 0 Å². The van der Waals surface area contributed by atoms with Crippen LogP contribution in [-0.4, -0.2) is 21.3 Å². The second-order valence-electron chi connectivity index (χ2n) is 3.94. The first-order chi connectivity index (χ1) is 7.65. The lowest BCUT2D eigenvalue weighted by molar-refractivity contribution is 0.266. The number of aryl methyl sites for hydroxylation is 1. The van der Waals surface area contributed by atoms with Crippen LogP contribution in [-0.2, 0) is 13.0 Å². The molecule has 0 spiro atoms. The van der Waals surface area contributed by atoms with Gasteiger partial charge in [0.15, 0.2) is 0 Å². The van der Waals surface area contributed by atoms with Crippen molar-refractivity contribution in [2.75, 3.05) is 6.61 Å². The molecule has 0 saturated carbocycles. The summed E-state index contributed by atoms with van der Waals surface area (Å²) in [6, 6.07) is -0.757. The maximum atomic E-state index is 12.1. The van der Waals surface area contributed by atoms with Crippen molar-refractivity contribution in [1.82, 2.24) is 9.55 Å². The Morgan fingerprint density at radius 1 is 1.56 bits per heavy atom. The molecule has 1 unspecified atom stereocenters. The monoisotopic (exact) mass is 243 g/mol. The number of aliphatic hydroxyl groups excluding tert-OH is 1. The summed E-state index contributed by atoms with van der Waals surface area (Å²) in [5, 5.41) is 9.11. The van der Waals surface area contributed by atoms with Crippen molar-refractivity contribution < 1.29 is 5.11 Å². The first-order valence-electron chi connectivity index (χ1n) is 5.30. The topological polar surface area (TPSA) is 81.1 Å². The summed E-state index contributed by atoms with van der Waals surface area (Å²) in [6.45, 7) is 0.347. The van der Waals surface area contributed by atoms with E-state index in [1.54, 1.807) is 4.57 Å². The molecule has 0 aromatic carbocycles. The van der Waals surface area contributed by atoms with Gasteiger partial charge in [-0.2, -0.15) is 0 Å². The maximum Gasteiger partial charge on any atom is 0.259 e. The number of aromatic nitrogens is 2. The first kappa shape index (κ1) is 11.6. The van der Waals surface area contributed by atoms with Crippen LogP contribution in [0, 0.1) is 0 Å². The molecule has 1 atom stereocenters. The van der Waals surface area contributed by atoms with Crippen molar-refractivity contribution >= 4 is 11.6 Å². The molecule has 0 radical (unpaired) electrons. The molecule has 0 aliphatic carbocycles. The maximum absolute atomic E-state index is 12.1. The van der Waals surface area contributed by atoms with Crippen molar-refractivity contribution in [2.24, 2.45) is 5.73 Å². The number of hydrogen-bond donors (Lipinski definition) is 2. The van der Waals surface area contributed by atoms with Crippen LogP contribution in [0.5, 0.6) is 0 Å². The average molecular weight is 244 g/mol. The normalized spacial score (nSPS) is 16.9. The number of aliphatic hydroxyl groups is 1. The number of hydrogen-bond acceptors (Lipinski definition) is 4. The molecule has 88 valence electrons. The molecule has 16 heavy (non-hydrogen) atoms. The summed E-state index contributed by atoms with van der Waals surface area (Å²) < 4.78 is 1.61. The van der Waals surface area contributed by atoms with E-state index in [1.165, 1.54) is 0 Å². The Morgan fingerprint density at radius 2 is 2.31 bits per heavy atom. The predicted octanol–water partition coefficient (Wildman–Crippen LogP) is 0.225. The number of nitrogens with two attached hydrogens (primary N) is 1. The van der Waals surface area contributed by atoms with Gasteiger partial charge in [-0.3, -0.25) is 9.36 Å². The highest BCUT2D eigenvalue weighted by Gasteiger charge is 2.21. The van der Waals surface area contributed by atoms with Gasteiger partial charge in [0, 0.05) is 13.0 Å². The highest BCUT2D eigenvalue weighted by atomic mass is 35.5. The lowest BCUT2D eigenvalue weighted by Crippen LogP contribution is -2.35. The van der Waals surface area contributed by atoms with E-state index in [4.69, 9.17) is 22.4 Å². The third-order valence-corrected chi connectivity index (χ3v) is 3.12. The molecule has 0 amide bonds. The number of halogens is 1. The van der Waals surface area contributed by atoms with E-state index in [1.807, 2.05) is 0 Å². The Kier molecular flexibility index (Phi) is 3.28. The number of nitrogens with zero attached hydrogens (tertiary/aromatic N) is 2. The van der Waals surface area contributed by atoms with E-state index in [2.05, 4.69) is 4.98 Å². The van der Waals surface area contributed by atoms with Gasteiger partial charge in [-0.25, -0.2) is 4.98 Å². The van der Waals surface area contributed by atoms with Gasteiger partial charge in [0.05, 0.1) is 18.2 Å². The van der Waals surface area contributed by atoms with E-state index in [9.17, 15) is 4.79 Å². The summed E-state index contributed by atoms with van der Waals surface area (Å²) in [7, 11) is 0. The van der Waals surface area contributed by atoms with Crippen molar-refractivity contribution in [2.45, 2.75) is 31.8 Å².